The van der Waals surface area contributed by atoms with Gasteiger partial charge < -0.3 is 9.84 Å². The molecule has 0 aliphatic rings. The number of hydrogen-bond acceptors (Lipinski definition) is 3. The van der Waals surface area contributed by atoms with Crippen LogP contribution >= 0.6 is 0 Å². The van der Waals surface area contributed by atoms with Gasteiger partial charge in [-0.25, -0.2) is 13.8 Å². The van der Waals surface area contributed by atoms with E-state index in [9.17, 15) is 8.78 Å². The van der Waals surface area contributed by atoms with E-state index in [0.29, 0.717) is 0 Å². The predicted octanol–water partition coefficient (Wildman–Crippen LogP) is 2.04. The van der Waals surface area contributed by atoms with Crippen molar-refractivity contribution in [3.05, 3.63) is 17.3 Å². The first-order valence-electron chi connectivity index (χ1n) is 3.58. The summed E-state index contributed by atoms with van der Waals surface area (Å²) in [6.45, 7) is 1.42. The third-order valence-corrected chi connectivity index (χ3v) is 1.72. The molecule has 0 radical (unpaired) electrons. The van der Waals surface area contributed by atoms with Crippen molar-refractivity contribution in [2.24, 2.45) is 0 Å². The predicted molar refractivity (Wildman–Crippen MR) is 42.1 cm³/mol. The van der Waals surface area contributed by atoms with Gasteiger partial charge in [0.1, 0.15) is 5.75 Å². The van der Waals surface area contributed by atoms with Crippen molar-refractivity contribution in [3.63, 3.8) is 0 Å². The van der Waals surface area contributed by atoms with E-state index in [1.165, 1.54) is 14.0 Å². The van der Waals surface area contributed by atoms with Crippen LogP contribution in [0.1, 0.15) is 17.6 Å². The number of nitrogens with zero attached hydrogens (tertiary/aromatic N) is 1. The zero-order valence-electron chi connectivity index (χ0n) is 7.21. The molecule has 5 heteroatoms. The Kier molecular flexibility index (Phi) is 2.65. The second kappa shape index (κ2) is 3.55. The highest BCUT2D eigenvalue weighted by atomic mass is 19.3. The van der Waals surface area contributed by atoms with Crippen molar-refractivity contribution in [2.45, 2.75) is 13.3 Å². The molecule has 0 unspecified atom stereocenters. The average molecular weight is 189 g/mol. The molecular weight excluding hydrogens is 180 g/mol. The summed E-state index contributed by atoms with van der Waals surface area (Å²) in [5.41, 5.74) is -0.260. The van der Waals surface area contributed by atoms with Gasteiger partial charge in [0.25, 0.3) is 6.43 Å². The Morgan fingerprint density at radius 1 is 1.54 bits per heavy atom. The molecule has 1 heterocycles. The lowest BCUT2D eigenvalue weighted by atomic mass is 10.1. The molecule has 0 aliphatic heterocycles. The fourth-order valence-electron chi connectivity index (χ4n) is 1.07. The number of hydrogen-bond donors (Lipinski definition) is 1. The van der Waals surface area contributed by atoms with Gasteiger partial charge >= 0.3 is 0 Å². The van der Waals surface area contributed by atoms with Crippen LogP contribution in [0.5, 0.6) is 11.6 Å². The molecule has 13 heavy (non-hydrogen) atoms. The molecule has 72 valence electrons. The summed E-state index contributed by atoms with van der Waals surface area (Å²) < 4.78 is 29.5. The molecule has 1 aromatic rings. The monoisotopic (exact) mass is 189 g/mol. The Bertz CT molecular complexity index is 315. The van der Waals surface area contributed by atoms with Gasteiger partial charge in [-0.2, -0.15) is 0 Å². The van der Waals surface area contributed by atoms with Crippen molar-refractivity contribution in [3.8, 4) is 11.6 Å². The van der Waals surface area contributed by atoms with E-state index in [1.807, 2.05) is 0 Å². The molecule has 0 saturated heterocycles. The van der Waals surface area contributed by atoms with Crippen molar-refractivity contribution in [1.82, 2.24) is 4.98 Å². The van der Waals surface area contributed by atoms with Crippen LogP contribution < -0.4 is 4.74 Å². The van der Waals surface area contributed by atoms with Crippen molar-refractivity contribution < 1.29 is 18.6 Å². The van der Waals surface area contributed by atoms with Crippen LogP contribution in [-0.4, -0.2) is 17.2 Å². The Morgan fingerprint density at radius 2 is 2.15 bits per heavy atom. The summed E-state index contributed by atoms with van der Waals surface area (Å²) in [4.78, 5) is 3.63. The summed E-state index contributed by atoms with van der Waals surface area (Å²) in [5.74, 6) is -0.401. The van der Waals surface area contributed by atoms with Crippen LogP contribution in [0.25, 0.3) is 0 Å². The van der Waals surface area contributed by atoms with Gasteiger partial charge in [0.2, 0.25) is 5.88 Å². The van der Waals surface area contributed by atoms with Gasteiger partial charge in [0, 0.05) is 5.56 Å². The molecule has 3 nitrogen and oxygen atoms in total. The summed E-state index contributed by atoms with van der Waals surface area (Å²) >= 11 is 0. The first-order chi connectivity index (χ1) is 6.07. The molecule has 0 fully saturated rings. The second-order valence-electron chi connectivity index (χ2n) is 2.49. The average Bonchev–Trinajstić information content (AvgIpc) is 2.04. The van der Waals surface area contributed by atoms with E-state index in [2.05, 4.69) is 4.98 Å². The lowest BCUT2D eigenvalue weighted by Gasteiger charge is -2.09. The quantitative estimate of drug-likeness (QED) is 0.774. The van der Waals surface area contributed by atoms with Crippen LogP contribution in [0.3, 0.4) is 0 Å². The van der Waals surface area contributed by atoms with E-state index in [-0.39, 0.29) is 11.4 Å². The van der Waals surface area contributed by atoms with Gasteiger partial charge in [-0.05, 0) is 6.92 Å². The highest BCUT2D eigenvalue weighted by Gasteiger charge is 2.19. The third kappa shape index (κ3) is 1.68. The summed E-state index contributed by atoms with van der Waals surface area (Å²) in [5, 5.41) is 9.08. The molecule has 0 aromatic carbocycles. The van der Waals surface area contributed by atoms with Crippen molar-refractivity contribution in [2.75, 3.05) is 7.11 Å². The van der Waals surface area contributed by atoms with E-state index in [1.54, 1.807) is 0 Å². The topological polar surface area (TPSA) is 42.4 Å². The lowest BCUT2D eigenvalue weighted by molar-refractivity contribution is 0.146. The van der Waals surface area contributed by atoms with Crippen LogP contribution in [0.15, 0.2) is 6.20 Å². The lowest BCUT2D eigenvalue weighted by Crippen LogP contribution is -1.97. The van der Waals surface area contributed by atoms with Crippen LogP contribution in [0.2, 0.25) is 0 Å². The molecule has 1 N–H and O–H groups in total. The Hall–Kier alpha value is -1.39. The minimum atomic E-state index is -2.73. The smallest absolute Gasteiger partial charge is 0.267 e. The molecule has 0 spiro atoms. The van der Waals surface area contributed by atoms with E-state index in [0.717, 1.165) is 6.20 Å². The number of halogens is 2. The maximum Gasteiger partial charge on any atom is 0.267 e. The van der Waals surface area contributed by atoms with E-state index in [4.69, 9.17) is 9.84 Å². The van der Waals surface area contributed by atoms with Crippen LogP contribution in [-0.2, 0) is 0 Å². The summed E-state index contributed by atoms with van der Waals surface area (Å²) in [6, 6.07) is 0. The van der Waals surface area contributed by atoms with Gasteiger partial charge in [-0.3, -0.25) is 0 Å². The Morgan fingerprint density at radius 3 is 2.62 bits per heavy atom. The molecule has 0 saturated carbocycles. The minimum Gasteiger partial charge on any atom is -0.506 e. The molecule has 0 amide bonds. The van der Waals surface area contributed by atoms with Crippen molar-refractivity contribution >= 4 is 0 Å². The van der Waals surface area contributed by atoms with E-state index >= 15 is 0 Å². The molecular formula is C8H9F2NO2. The highest BCUT2D eigenvalue weighted by Crippen LogP contribution is 2.34. The first kappa shape index (κ1) is 9.70. The van der Waals surface area contributed by atoms with Gasteiger partial charge in [-0.15, -0.1) is 0 Å². The van der Waals surface area contributed by atoms with Gasteiger partial charge in [-0.1, -0.05) is 0 Å². The standard InChI is InChI=1S/C8H9F2NO2/c1-4-6(7(9)10)5(12)3-11-8(4)13-2/h3,7,12H,1-2H3. The SMILES string of the molecule is COc1ncc(O)c(C(F)F)c1C. The number of methoxy groups -OCH3 is 1. The first-order valence-corrected chi connectivity index (χ1v) is 3.58. The number of aromatic hydroxyl groups is 1. The van der Waals surface area contributed by atoms with Crippen molar-refractivity contribution in [1.29, 1.82) is 0 Å². The zero-order valence-corrected chi connectivity index (χ0v) is 7.21. The Labute approximate surface area is 74.0 Å². The fraction of sp³-hybridized carbons (Fsp3) is 0.375. The number of alkyl halides is 2. The highest BCUT2D eigenvalue weighted by molar-refractivity contribution is 5.42. The normalized spacial score (nSPS) is 10.5. The van der Waals surface area contributed by atoms with Crippen LogP contribution in [0.4, 0.5) is 8.78 Å². The zero-order chi connectivity index (χ0) is 10.0. The summed E-state index contributed by atoms with van der Waals surface area (Å²) in [7, 11) is 1.33. The molecule has 0 atom stereocenters. The largest absolute Gasteiger partial charge is 0.506 e. The van der Waals surface area contributed by atoms with Gasteiger partial charge in [0.05, 0.1) is 18.9 Å². The maximum atomic E-state index is 12.4. The molecule has 0 bridgehead atoms. The molecule has 1 aromatic heterocycles. The number of pyridine rings is 1. The summed E-state index contributed by atoms with van der Waals surface area (Å²) in [6.07, 6.45) is -1.77. The second-order valence-corrected chi connectivity index (χ2v) is 2.49. The maximum absolute atomic E-state index is 12.4. The molecule has 1 rings (SSSR count). The van der Waals surface area contributed by atoms with E-state index < -0.39 is 17.7 Å². The number of rotatable bonds is 2. The fourth-order valence-corrected chi connectivity index (χ4v) is 1.07. The van der Waals surface area contributed by atoms with Crippen LogP contribution in [0, 0.1) is 6.92 Å². The Balaban J connectivity index is 3.30. The number of aromatic nitrogens is 1. The molecule has 0 aliphatic carbocycles. The number of ether oxygens (including phenoxy) is 1. The van der Waals surface area contributed by atoms with Gasteiger partial charge in [0.15, 0.2) is 0 Å². The minimum absolute atomic E-state index is 0.105. The third-order valence-electron chi connectivity index (χ3n) is 1.72.